The number of nitrogens with one attached hydrogen (secondary N) is 1. The Labute approximate surface area is 113 Å². The highest BCUT2D eigenvalue weighted by Gasteiger charge is 2.40. The minimum Gasteiger partial charge on any atom is -0.372 e. The van der Waals surface area contributed by atoms with Crippen molar-refractivity contribution in [2.24, 2.45) is 0 Å². The molecule has 0 aromatic heterocycles. The van der Waals surface area contributed by atoms with Crippen LogP contribution in [0.5, 0.6) is 0 Å². The molecule has 1 atom stereocenters. The molecule has 18 heavy (non-hydrogen) atoms. The summed E-state index contributed by atoms with van der Waals surface area (Å²) in [4.78, 5) is 0. The highest BCUT2D eigenvalue weighted by Crippen LogP contribution is 2.42. The van der Waals surface area contributed by atoms with Gasteiger partial charge in [-0.15, -0.1) is 0 Å². The lowest BCUT2D eigenvalue weighted by Crippen LogP contribution is -2.31. The molecule has 1 aliphatic carbocycles. The molecule has 1 saturated heterocycles. The summed E-state index contributed by atoms with van der Waals surface area (Å²) >= 11 is 0. The smallest absolute Gasteiger partial charge is 0.0687 e. The summed E-state index contributed by atoms with van der Waals surface area (Å²) in [5.74, 6) is 0. The van der Waals surface area contributed by atoms with Crippen molar-refractivity contribution in [1.82, 2.24) is 5.32 Å². The minimum absolute atomic E-state index is 0.319. The van der Waals surface area contributed by atoms with Gasteiger partial charge in [0.25, 0.3) is 0 Å². The second kappa shape index (κ2) is 6.91. The Bertz CT molecular complexity index is 233. The molecule has 1 spiro atoms. The molecular weight excluding hydrogens is 222 g/mol. The second-order valence-electron chi connectivity index (χ2n) is 6.63. The third-order valence-corrected chi connectivity index (χ3v) is 4.61. The molecule has 0 bridgehead atoms. The van der Waals surface area contributed by atoms with E-state index >= 15 is 0 Å². The highest BCUT2D eigenvalue weighted by atomic mass is 16.5. The summed E-state index contributed by atoms with van der Waals surface area (Å²) in [6.45, 7) is 5.59. The van der Waals surface area contributed by atoms with Crippen LogP contribution < -0.4 is 5.32 Å². The Balaban J connectivity index is 1.58. The van der Waals surface area contributed by atoms with E-state index in [9.17, 15) is 0 Å². The first-order valence-corrected chi connectivity index (χ1v) is 8.11. The molecule has 2 fully saturated rings. The first kappa shape index (κ1) is 14.3. The molecule has 0 aromatic rings. The van der Waals surface area contributed by atoms with Gasteiger partial charge < -0.3 is 10.1 Å². The first-order valence-electron chi connectivity index (χ1n) is 8.11. The standard InChI is InChI=1S/C16H31NO/c1-14(2)17-13-7-4-8-15-9-12-16(18-15)10-5-3-6-11-16/h14-15,17H,3-13H2,1-2H3. The highest BCUT2D eigenvalue weighted by molar-refractivity contribution is 4.91. The van der Waals surface area contributed by atoms with Gasteiger partial charge in [-0.3, -0.25) is 0 Å². The van der Waals surface area contributed by atoms with E-state index in [1.54, 1.807) is 0 Å². The van der Waals surface area contributed by atoms with Crippen molar-refractivity contribution in [3.63, 3.8) is 0 Å². The Morgan fingerprint density at radius 1 is 1.11 bits per heavy atom. The van der Waals surface area contributed by atoms with E-state index in [0.717, 1.165) is 6.54 Å². The fourth-order valence-corrected chi connectivity index (χ4v) is 3.55. The summed E-state index contributed by atoms with van der Waals surface area (Å²) in [6, 6.07) is 0.623. The van der Waals surface area contributed by atoms with Crippen LogP contribution in [-0.2, 0) is 4.74 Å². The van der Waals surface area contributed by atoms with Crippen molar-refractivity contribution in [2.45, 2.75) is 95.8 Å². The molecule has 1 unspecified atom stereocenters. The normalized spacial score (nSPS) is 27.2. The Morgan fingerprint density at radius 2 is 1.89 bits per heavy atom. The molecule has 2 rings (SSSR count). The topological polar surface area (TPSA) is 21.3 Å². The minimum atomic E-state index is 0.319. The van der Waals surface area contributed by atoms with Crippen LogP contribution >= 0.6 is 0 Å². The van der Waals surface area contributed by atoms with Gasteiger partial charge in [0.15, 0.2) is 0 Å². The SMILES string of the molecule is CC(C)NCCCCC1CCC2(CCCCC2)O1. The van der Waals surface area contributed by atoms with Gasteiger partial charge in [-0.1, -0.05) is 33.1 Å². The largest absolute Gasteiger partial charge is 0.372 e. The molecule has 1 saturated carbocycles. The van der Waals surface area contributed by atoms with Crippen molar-refractivity contribution in [3.05, 3.63) is 0 Å². The number of hydrogen-bond acceptors (Lipinski definition) is 2. The lowest BCUT2D eigenvalue weighted by atomic mass is 9.83. The van der Waals surface area contributed by atoms with E-state index in [1.807, 2.05) is 0 Å². The van der Waals surface area contributed by atoms with Gasteiger partial charge in [0.2, 0.25) is 0 Å². The van der Waals surface area contributed by atoms with E-state index in [2.05, 4.69) is 19.2 Å². The molecule has 2 heteroatoms. The molecule has 106 valence electrons. The molecule has 2 aliphatic rings. The molecule has 0 amide bonds. The van der Waals surface area contributed by atoms with Gasteiger partial charge in [-0.05, 0) is 51.5 Å². The number of unbranched alkanes of at least 4 members (excludes halogenated alkanes) is 1. The molecule has 1 N–H and O–H groups in total. The maximum Gasteiger partial charge on any atom is 0.0687 e. The molecule has 2 nitrogen and oxygen atoms in total. The van der Waals surface area contributed by atoms with Crippen molar-refractivity contribution in [3.8, 4) is 0 Å². The van der Waals surface area contributed by atoms with Gasteiger partial charge in [0, 0.05) is 6.04 Å². The van der Waals surface area contributed by atoms with Gasteiger partial charge in [-0.2, -0.15) is 0 Å². The predicted molar refractivity (Wildman–Crippen MR) is 76.9 cm³/mol. The first-order chi connectivity index (χ1) is 8.70. The lowest BCUT2D eigenvalue weighted by Gasteiger charge is -2.33. The zero-order valence-corrected chi connectivity index (χ0v) is 12.3. The summed E-state index contributed by atoms with van der Waals surface area (Å²) in [6.07, 6.45) is 14.0. The summed E-state index contributed by atoms with van der Waals surface area (Å²) in [5.41, 5.74) is 0.319. The van der Waals surface area contributed by atoms with E-state index in [1.165, 1.54) is 64.2 Å². The number of hydrogen-bond donors (Lipinski definition) is 1. The quantitative estimate of drug-likeness (QED) is 0.721. The summed E-state index contributed by atoms with van der Waals surface area (Å²) in [7, 11) is 0. The van der Waals surface area contributed by atoms with Gasteiger partial charge in [-0.25, -0.2) is 0 Å². The van der Waals surface area contributed by atoms with Crippen LogP contribution in [-0.4, -0.2) is 24.3 Å². The maximum absolute atomic E-state index is 6.40. The van der Waals surface area contributed by atoms with E-state index < -0.39 is 0 Å². The van der Waals surface area contributed by atoms with Crippen LogP contribution in [0.3, 0.4) is 0 Å². The Morgan fingerprint density at radius 3 is 2.61 bits per heavy atom. The van der Waals surface area contributed by atoms with Crippen LogP contribution in [0.25, 0.3) is 0 Å². The van der Waals surface area contributed by atoms with Crippen molar-refractivity contribution in [1.29, 1.82) is 0 Å². The van der Waals surface area contributed by atoms with Crippen LogP contribution in [0.4, 0.5) is 0 Å². The predicted octanol–water partition coefficient (Wildman–Crippen LogP) is 4.04. The fourth-order valence-electron chi connectivity index (χ4n) is 3.55. The molecule has 0 aromatic carbocycles. The van der Waals surface area contributed by atoms with Crippen molar-refractivity contribution >= 4 is 0 Å². The van der Waals surface area contributed by atoms with Gasteiger partial charge in [0.1, 0.15) is 0 Å². The van der Waals surface area contributed by atoms with E-state index in [-0.39, 0.29) is 0 Å². The van der Waals surface area contributed by atoms with Crippen molar-refractivity contribution in [2.75, 3.05) is 6.54 Å². The number of rotatable bonds is 6. The Kier molecular flexibility index (Phi) is 5.50. The van der Waals surface area contributed by atoms with Crippen LogP contribution in [0, 0.1) is 0 Å². The molecule has 1 aliphatic heterocycles. The lowest BCUT2D eigenvalue weighted by molar-refractivity contribution is -0.0660. The van der Waals surface area contributed by atoms with Crippen LogP contribution in [0.15, 0.2) is 0 Å². The van der Waals surface area contributed by atoms with Crippen LogP contribution in [0.2, 0.25) is 0 Å². The van der Waals surface area contributed by atoms with Crippen molar-refractivity contribution < 1.29 is 4.74 Å². The van der Waals surface area contributed by atoms with E-state index in [4.69, 9.17) is 4.74 Å². The fraction of sp³-hybridized carbons (Fsp3) is 1.00. The monoisotopic (exact) mass is 253 g/mol. The summed E-state index contributed by atoms with van der Waals surface area (Å²) < 4.78 is 6.40. The van der Waals surface area contributed by atoms with Gasteiger partial charge >= 0.3 is 0 Å². The van der Waals surface area contributed by atoms with Crippen LogP contribution in [0.1, 0.15) is 78.1 Å². The average Bonchev–Trinajstić information content (AvgIpc) is 2.72. The number of ether oxygens (including phenoxy) is 1. The molecule has 0 radical (unpaired) electrons. The third-order valence-electron chi connectivity index (χ3n) is 4.61. The average molecular weight is 253 g/mol. The molecule has 1 heterocycles. The maximum atomic E-state index is 6.40. The zero-order valence-electron chi connectivity index (χ0n) is 12.3. The van der Waals surface area contributed by atoms with Gasteiger partial charge in [0.05, 0.1) is 11.7 Å². The van der Waals surface area contributed by atoms with E-state index in [0.29, 0.717) is 17.7 Å². The molecular formula is C16H31NO. The Hall–Kier alpha value is -0.0800. The third kappa shape index (κ3) is 4.24. The zero-order chi connectivity index (χ0) is 12.8. The second-order valence-corrected chi connectivity index (χ2v) is 6.63. The summed E-state index contributed by atoms with van der Waals surface area (Å²) in [5, 5.41) is 3.49.